The molecule has 0 atom stereocenters. The van der Waals surface area contributed by atoms with Crippen LogP contribution in [0.2, 0.25) is 0 Å². The molecule has 4 nitrogen and oxygen atoms in total. The van der Waals surface area contributed by atoms with Gasteiger partial charge in [0.15, 0.2) is 0 Å². The smallest absolute Gasteiger partial charge is 0.411 e. The Hall–Kier alpha value is -1.10. The highest BCUT2D eigenvalue weighted by Gasteiger charge is 2.03. The molecule has 0 saturated heterocycles. The minimum absolute atomic E-state index is 0.493. The number of carbonyl (C=O) groups is 1. The SMILES string of the molecule is COC(=O)Nc1cnc(Br)cc1C. The molecule has 0 aliphatic heterocycles. The highest BCUT2D eigenvalue weighted by atomic mass is 79.9. The van der Waals surface area contributed by atoms with Crippen LogP contribution in [0.25, 0.3) is 0 Å². The summed E-state index contributed by atoms with van der Waals surface area (Å²) < 4.78 is 5.19. The summed E-state index contributed by atoms with van der Waals surface area (Å²) in [6.45, 7) is 1.87. The summed E-state index contributed by atoms with van der Waals surface area (Å²) in [5.41, 5.74) is 1.57. The molecule has 1 rings (SSSR count). The van der Waals surface area contributed by atoms with Gasteiger partial charge < -0.3 is 4.74 Å². The minimum atomic E-state index is -0.493. The van der Waals surface area contributed by atoms with Gasteiger partial charge in [0, 0.05) is 0 Å². The van der Waals surface area contributed by atoms with Crippen LogP contribution in [0, 0.1) is 6.92 Å². The van der Waals surface area contributed by atoms with Crippen molar-refractivity contribution in [3.63, 3.8) is 0 Å². The van der Waals surface area contributed by atoms with E-state index in [0.29, 0.717) is 5.69 Å². The maximum atomic E-state index is 10.8. The first-order chi connectivity index (χ1) is 6.13. The van der Waals surface area contributed by atoms with Crippen LogP contribution in [0.1, 0.15) is 5.56 Å². The van der Waals surface area contributed by atoms with Gasteiger partial charge in [-0.1, -0.05) is 0 Å². The van der Waals surface area contributed by atoms with Crippen molar-refractivity contribution in [1.29, 1.82) is 0 Å². The lowest BCUT2D eigenvalue weighted by Crippen LogP contribution is -2.12. The van der Waals surface area contributed by atoms with Crippen molar-refractivity contribution in [3.8, 4) is 0 Å². The van der Waals surface area contributed by atoms with Crippen LogP contribution in [0.3, 0.4) is 0 Å². The van der Waals surface area contributed by atoms with Crippen molar-refractivity contribution in [3.05, 3.63) is 22.4 Å². The molecule has 1 aromatic heterocycles. The van der Waals surface area contributed by atoms with Crippen LogP contribution in [-0.2, 0) is 4.74 Å². The number of methoxy groups -OCH3 is 1. The molecule has 0 aliphatic rings. The summed E-state index contributed by atoms with van der Waals surface area (Å²) >= 11 is 3.22. The lowest BCUT2D eigenvalue weighted by atomic mass is 10.2. The number of amides is 1. The van der Waals surface area contributed by atoms with E-state index in [-0.39, 0.29) is 0 Å². The lowest BCUT2D eigenvalue weighted by Gasteiger charge is -2.06. The summed E-state index contributed by atoms with van der Waals surface area (Å²) in [7, 11) is 1.32. The van der Waals surface area contributed by atoms with Crippen molar-refractivity contribution in [1.82, 2.24) is 4.98 Å². The average Bonchev–Trinajstić information content (AvgIpc) is 2.09. The summed E-state index contributed by atoms with van der Waals surface area (Å²) in [6.07, 6.45) is 1.07. The molecule has 5 heteroatoms. The Morgan fingerprint density at radius 1 is 1.69 bits per heavy atom. The van der Waals surface area contributed by atoms with Crippen LogP contribution < -0.4 is 5.32 Å². The monoisotopic (exact) mass is 244 g/mol. The third-order valence-corrected chi connectivity index (χ3v) is 1.93. The number of carbonyl (C=O) groups excluding carboxylic acids is 1. The zero-order valence-corrected chi connectivity index (χ0v) is 8.88. The highest BCUT2D eigenvalue weighted by Crippen LogP contribution is 2.16. The van der Waals surface area contributed by atoms with Gasteiger partial charge in [0.2, 0.25) is 0 Å². The predicted octanol–water partition coefficient (Wildman–Crippen LogP) is 2.33. The van der Waals surface area contributed by atoms with Gasteiger partial charge in [-0.3, -0.25) is 5.32 Å². The van der Waals surface area contributed by atoms with Crippen molar-refractivity contribution in [2.45, 2.75) is 6.92 Å². The number of hydrogen-bond donors (Lipinski definition) is 1. The number of ether oxygens (including phenoxy) is 1. The van der Waals surface area contributed by atoms with Crippen LogP contribution in [-0.4, -0.2) is 18.2 Å². The van der Waals surface area contributed by atoms with Crippen LogP contribution in [0.15, 0.2) is 16.9 Å². The summed E-state index contributed by atoms with van der Waals surface area (Å²) in [6, 6.07) is 1.81. The maximum Gasteiger partial charge on any atom is 0.411 e. The molecule has 0 fully saturated rings. The number of halogens is 1. The molecule has 0 bridgehead atoms. The number of hydrogen-bond acceptors (Lipinski definition) is 3. The summed E-state index contributed by atoms with van der Waals surface area (Å²) in [5, 5.41) is 2.54. The topological polar surface area (TPSA) is 51.2 Å². The summed E-state index contributed by atoms with van der Waals surface area (Å²) in [5.74, 6) is 0. The fraction of sp³-hybridized carbons (Fsp3) is 0.250. The van der Waals surface area contributed by atoms with Gasteiger partial charge in [-0.15, -0.1) is 0 Å². The Balaban J connectivity index is 2.83. The van der Waals surface area contributed by atoms with Gasteiger partial charge in [0.25, 0.3) is 0 Å². The third kappa shape index (κ3) is 2.69. The van der Waals surface area contributed by atoms with E-state index in [1.807, 2.05) is 13.0 Å². The number of nitrogens with zero attached hydrogens (tertiary/aromatic N) is 1. The Kier molecular flexibility index (Phi) is 3.25. The molecule has 0 unspecified atom stereocenters. The second-order valence-electron chi connectivity index (χ2n) is 2.44. The lowest BCUT2D eigenvalue weighted by molar-refractivity contribution is 0.187. The fourth-order valence-electron chi connectivity index (χ4n) is 0.814. The zero-order chi connectivity index (χ0) is 9.84. The van der Waals surface area contributed by atoms with Gasteiger partial charge in [0.05, 0.1) is 19.0 Å². The van der Waals surface area contributed by atoms with E-state index in [2.05, 4.69) is 31.0 Å². The molecule has 1 amide bonds. The van der Waals surface area contributed by atoms with Crippen LogP contribution in [0.5, 0.6) is 0 Å². The van der Waals surface area contributed by atoms with Gasteiger partial charge >= 0.3 is 6.09 Å². The molecular weight excluding hydrogens is 236 g/mol. The van der Waals surface area contributed by atoms with E-state index >= 15 is 0 Å². The molecule has 0 saturated carbocycles. The van der Waals surface area contributed by atoms with E-state index in [4.69, 9.17) is 0 Å². The third-order valence-electron chi connectivity index (χ3n) is 1.50. The van der Waals surface area contributed by atoms with Crippen molar-refractivity contribution < 1.29 is 9.53 Å². The normalized spacial score (nSPS) is 9.46. The van der Waals surface area contributed by atoms with E-state index in [1.54, 1.807) is 6.20 Å². The molecule has 0 radical (unpaired) electrons. The molecule has 70 valence electrons. The van der Waals surface area contributed by atoms with Gasteiger partial charge in [-0.25, -0.2) is 9.78 Å². The predicted molar refractivity (Wildman–Crippen MR) is 52.7 cm³/mol. The van der Waals surface area contributed by atoms with Crippen molar-refractivity contribution >= 4 is 27.7 Å². The number of nitrogens with one attached hydrogen (secondary N) is 1. The highest BCUT2D eigenvalue weighted by molar-refractivity contribution is 9.10. The van der Waals surface area contributed by atoms with E-state index in [0.717, 1.165) is 10.2 Å². The molecule has 13 heavy (non-hydrogen) atoms. The average molecular weight is 245 g/mol. The molecule has 1 N–H and O–H groups in total. The fourth-order valence-corrected chi connectivity index (χ4v) is 1.26. The number of aryl methyl sites for hydroxylation is 1. The Bertz CT molecular complexity index is 328. The first-order valence-electron chi connectivity index (χ1n) is 3.60. The second kappa shape index (κ2) is 4.23. The number of aromatic nitrogens is 1. The van der Waals surface area contributed by atoms with E-state index in [9.17, 15) is 4.79 Å². The quantitative estimate of drug-likeness (QED) is 0.772. The first-order valence-corrected chi connectivity index (χ1v) is 4.40. The Morgan fingerprint density at radius 2 is 2.38 bits per heavy atom. The van der Waals surface area contributed by atoms with Gasteiger partial charge in [-0.05, 0) is 34.5 Å². The van der Waals surface area contributed by atoms with Gasteiger partial charge in [-0.2, -0.15) is 0 Å². The molecule has 0 aromatic carbocycles. The standard InChI is InChI=1S/C8H9BrN2O2/c1-5-3-7(9)10-4-6(5)11-8(12)13-2/h3-4H,1-2H3,(H,11,12). The largest absolute Gasteiger partial charge is 0.453 e. The van der Waals surface area contributed by atoms with Gasteiger partial charge in [0.1, 0.15) is 4.60 Å². The minimum Gasteiger partial charge on any atom is -0.453 e. The Morgan fingerprint density at radius 3 is 2.92 bits per heavy atom. The van der Waals surface area contributed by atoms with E-state index in [1.165, 1.54) is 7.11 Å². The zero-order valence-electron chi connectivity index (χ0n) is 7.30. The first kappa shape index (κ1) is 9.98. The molecule has 1 aromatic rings. The maximum absolute atomic E-state index is 10.8. The molecule has 0 aliphatic carbocycles. The number of pyridine rings is 1. The summed E-state index contributed by atoms with van der Waals surface area (Å²) in [4.78, 5) is 14.8. The molecule has 1 heterocycles. The van der Waals surface area contributed by atoms with Crippen LogP contribution >= 0.6 is 15.9 Å². The number of rotatable bonds is 1. The molecular formula is C8H9BrN2O2. The van der Waals surface area contributed by atoms with Crippen molar-refractivity contribution in [2.24, 2.45) is 0 Å². The number of anilines is 1. The van der Waals surface area contributed by atoms with Crippen LogP contribution in [0.4, 0.5) is 10.5 Å². The molecule has 0 spiro atoms. The Labute approximate surface area is 84.4 Å². The second-order valence-corrected chi connectivity index (χ2v) is 3.25. The van der Waals surface area contributed by atoms with E-state index < -0.39 is 6.09 Å². The van der Waals surface area contributed by atoms with Crippen molar-refractivity contribution in [2.75, 3.05) is 12.4 Å².